The van der Waals surface area contributed by atoms with Crippen LogP contribution < -0.4 is 15.8 Å². The monoisotopic (exact) mass is 252 g/mol. The molecule has 0 aliphatic carbocycles. The summed E-state index contributed by atoms with van der Waals surface area (Å²) in [6.45, 7) is 3.31. The number of amides is 1. The third-order valence-electron chi connectivity index (χ3n) is 2.18. The van der Waals surface area contributed by atoms with Gasteiger partial charge in [-0.2, -0.15) is 0 Å². The van der Waals surface area contributed by atoms with E-state index in [1.54, 1.807) is 13.0 Å². The van der Waals surface area contributed by atoms with Crippen molar-refractivity contribution in [1.29, 1.82) is 0 Å². The zero-order valence-electron chi connectivity index (χ0n) is 10.6. The molecule has 1 rings (SSSR count). The van der Waals surface area contributed by atoms with Crippen LogP contribution in [0.5, 0.6) is 5.75 Å². The highest BCUT2D eigenvalue weighted by atomic mass is 16.5. The summed E-state index contributed by atoms with van der Waals surface area (Å²) in [5.74, 6) is -0.499. The van der Waals surface area contributed by atoms with Gasteiger partial charge in [0.05, 0.1) is 25.0 Å². The van der Waals surface area contributed by atoms with Crippen molar-refractivity contribution in [2.75, 3.05) is 24.8 Å². The van der Waals surface area contributed by atoms with Crippen molar-refractivity contribution in [2.45, 2.75) is 13.8 Å². The normalized spacial score (nSPS) is 9.72. The number of esters is 1. The number of hydrogen-bond acceptors (Lipinski definition) is 5. The Morgan fingerprint density at radius 2 is 2.06 bits per heavy atom. The third kappa shape index (κ3) is 3.13. The molecule has 0 aliphatic heterocycles. The highest BCUT2D eigenvalue weighted by Gasteiger charge is 2.16. The minimum Gasteiger partial charge on any atom is -0.494 e. The van der Waals surface area contributed by atoms with Crippen LogP contribution in [0.25, 0.3) is 0 Å². The number of rotatable bonds is 4. The SMILES string of the molecule is CCOC(=O)c1cc(NC(C)=O)cc(OC)c1N. The summed E-state index contributed by atoms with van der Waals surface area (Å²) in [6.07, 6.45) is 0. The summed E-state index contributed by atoms with van der Waals surface area (Å²) < 4.78 is 9.93. The van der Waals surface area contributed by atoms with Crippen molar-refractivity contribution < 1.29 is 19.1 Å². The molecule has 0 radical (unpaired) electrons. The van der Waals surface area contributed by atoms with E-state index in [4.69, 9.17) is 15.2 Å². The molecule has 98 valence electrons. The number of anilines is 2. The molecule has 0 saturated carbocycles. The quantitative estimate of drug-likeness (QED) is 0.624. The molecule has 0 fully saturated rings. The summed E-state index contributed by atoms with van der Waals surface area (Å²) in [6, 6.07) is 3.00. The predicted molar refractivity (Wildman–Crippen MR) is 67.7 cm³/mol. The lowest BCUT2D eigenvalue weighted by molar-refractivity contribution is -0.114. The van der Waals surface area contributed by atoms with E-state index in [0.29, 0.717) is 11.4 Å². The largest absolute Gasteiger partial charge is 0.494 e. The summed E-state index contributed by atoms with van der Waals surface area (Å²) in [5, 5.41) is 2.56. The van der Waals surface area contributed by atoms with E-state index in [-0.39, 0.29) is 23.8 Å². The fourth-order valence-corrected chi connectivity index (χ4v) is 1.45. The number of carbonyl (C=O) groups is 2. The van der Waals surface area contributed by atoms with Crippen molar-refractivity contribution in [3.63, 3.8) is 0 Å². The van der Waals surface area contributed by atoms with Crippen LogP contribution in [0, 0.1) is 0 Å². The van der Waals surface area contributed by atoms with Crippen LogP contribution in [0.4, 0.5) is 11.4 Å². The topological polar surface area (TPSA) is 90.6 Å². The number of ether oxygens (including phenoxy) is 2. The van der Waals surface area contributed by atoms with Gasteiger partial charge in [-0.05, 0) is 13.0 Å². The number of nitrogen functional groups attached to an aromatic ring is 1. The molecule has 0 spiro atoms. The van der Waals surface area contributed by atoms with Gasteiger partial charge in [-0.1, -0.05) is 0 Å². The molecule has 3 N–H and O–H groups in total. The zero-order chi connectivity index (χ0) is 13.7. The van der Waals surface area contributed by atoms with Crippen LogP contribution in [0.3, 0.4) is 0 Å². The Bertz CT molecular complexity index is 471. The van der Waals surface area contributed by atoms with Crippen LogP contribution in [0.15, 0.2) is 12.1 Å². The molecule has 1 aromatic carbocycles. The second-order valence-corrected chi connectivity index (χ2v) is 3.54. The number of nitrogens with two attached hydrogens (primary N) is 1. The lowest BCUT2D eigenvalue weighted by Crippen LogP contribution is -2.12. The molecular formula is C12H16N2O4. The predicted octanol–water partition coefficient (Wildman–Crippen LogP) is 1.41. The first-order valence-corrected chi connectivity index (χ1v) is 5.41. The Morgan fingerprint density at radius 3 is 2.56 bits per heavy atom. The molecule has 0 heterocycles. The van der Waals surface area contributed by atoms with Gasteiger partial charge in [-0.25, -0.2) is 4.79 Å². The average Bonchev–Trinajstić information content (AvgIpc) is 2.30. The number of benzene rings is 1. The zero-order valence-corrected chi connectivity index (χ0v) is 10.6. The van der Waals surface area contributed by atoms with Crippen LogP contribution >= 0.6 is 0 Å². The highest BCUT2D eigenvalue weighted by molar-refractivity contribution is 5.99. The van der Waals surface area contributed by atoms with Gasteiger partial charge in [-0.15, -0.1) is 0 Å². The Balaban J connectivity index is 3.22. The maximum Gasteiger partial charge on any atom is 0.340 e. The summed E-state index contributed by atoms with van der Waals surface area (Å²) in [5.41, 5.74) is 6.57. The standard InChI is InChI=1S/C12H16N2O4/c1-4-18-12(16)9-5-8(14-7(2)15)6-10(17-3)11(9)13/h5-6H,4,13H2,1-3H3,(H,14,15). The molecule has 18 heavy (non-hydrogen) atoms. The maximum absolute atomic E-state index is 11.7. The molecular weight excluding hydrogens is 236 g/mol. The van der Waals surface area contributed by atoms with Crippen molar-refractivity contribution in [3.8, 4) is 5.75 Å². The molecule has 0 bridgehead atoms. The Kier molecular flexibility index (Phi) is 4.53. The lowest BCUT2D eigenvalue weighted by Gasteiger charge is -2.12. The molecule has 0 saturated heterocycles. The van der Waals surface area contributed by atoms with Gasteiger partial charge in [0, 0.05) is 18.7 Å². The molecule has 0 atom stereocenters. The molecule has 6 heteroatoms. The minimum atomic E-state index is -0.555. The fraction of sp³-hybridized carbons (Fsp3) is 0.333. The van der Waals surface area contributed by atoms with Crippen molar-refractivity contribution in [1.82, 2.24) is 0 Å². The lowest BCUT2D eigenvalue weighted by atomic mass is 10.1. The first-order valence-electron chi connectivity index (χ1n) is 5.41. The molecule has 1 aromatic rings. The van der Waals surface area contributed by atoms with E-state index in [1.807, 2.05) is 0 Å². The van der Waals surface area contributed by atoms with Crippen molar-refractivity contribution >= 4 is 23.3 Å². The first kappa shape index (κ1) is 13.8. The number of methoxy groups -OCH3 is 1. The smallest absolute Gasteiger partial charge is 0.340 e. The molecule has 0 unspecified atom stereocenters. The van der Waals surface area contributed by atoms with Gasteiger partial charge in [0.25, 0.3) is 0 Å². The van der Waals surface area contributed by atoms with Gasteiger partial charge >= 0.3 is 5.97 Å². The molecule has 1 amide bonds. The van der Waals surface area contributed by atoms with Gasteiger partial charge in [0.2, 0.25) is 5.91 Å². The Morgan fingerprint density at radius 1 is 1.39 bits per heavy atom. The van der Waals surface area contributed by atoms with Crippen LogP contribution in [-0.4, -0.2) is 25.6 Å². The van der Waals surface area contributed by atoms with Crippen molar-refractivity contribution in [3.05, 3.63) is 17.7 Å². The van der Waals surface area contributed by atoms with Crippen LogP contribution in [0.1, 0.15) is 24.2 Å². The molecule has 0 aromatic heterocycles. The van der Waals surface area contributed by atoms with E-state index in [9.17, 15) is 9.59 Å². The van der Waals surface area contributed by atoms with Gasteiger partial charge < -0.3 is 20.5 Å². The number of nitrogens with one attached hydrogen (secondary N) is 1. The fourth-order valence-electron chi connectivity index (χ4n) is 1.45. The summed E-state index contributed by atoms with van der Waals surface area (Å²) >= 11 is 0. The highest BCUT2D eigenvalue weighted by Crippen LogP contribution is 2.30. The van der Waals surface area contributed by atoms with E-state index in [0.717, 1.165) is 0 Å². The maximum atomic E-state index is 11.7. The van der Waals surface area contributed by atoms with E-state index >= 15 is 0 Å². The van der Waals surface area contributed by atoms with Crippen molar-refractivity contribution in [2.24, 2.45) is 0 Å². The minimum absolute atomic E-state index is 0.167. The average molecular weight is 252 g/mol. The van der Waals surface area contributed by atoms with Gasteiger partial charge in [0.15, 0.2) is 0 Å². The number of carbonyl (C=O) groups excluding carboxylic acids is 2. The van der Waals surface area contributed by atoms with Gasteiger partial charge in [-0.3, -0.25) is 4.79 Å². The van der Waals surface area contributed by atoms with E-state index < -0.39 is 5.97 Å². The number of hydrogen-bond donors (Lipinski definition) is 2. The van der Waals surface area contributed by atoms with Crippen LogP contribution in [-0.2, 0) is 9.53 Å². The van der Waals surface area contributed by atoms with Crippen LogP contribution in [0.2, 0.25) is 0 Å². The van der Waals surface area contributed by atoms with Gasteiger partial charge in [0.1, 0.15) is 5.75 Å². The first-order chi connectivity index (χ1) is 8.49. The third-order valence-corrected chi connectivity index (χ3v) is 2.18. The second kappa shape index (κ2) is 5.90. The summed E-state index contributed by atoms with van der Waals surface area (Å²) in [7, 11) is 1.43. The Labute approximate surface area is 105 Å². The summed E-state index contributed by atoms with van der Waals surface area (Å²) in [4.78, 5) is 22.7. The Hall–Kier alpha value is -2.24. The van der Waals surface area contributed by atoms with E-state index in [2.05, 4.69) is 5.32 Å². The molecule has 6 nitrogen and oxygen atoms in total. The second-order valence-electron chi connectivity index (χ2n) is 3.54. The molecule has 0 aliphatic rings. The van der Waals surface area contributed by atoms with E-state index in [1.165, 1.54) is 20.1 Å².